The summed E-state index contributed by atoms with van der Waals surface area (Å²) in [5, 5.41) is 39.4. The van der Waals surface area contributed by atoms with Crippen LogP contribution >= 0.6 is 0 Å². The van der Waals surface area contributed by atoms with Crippen LogP contribution < -0.4 is 0 Å². The third-order valence-corrected chi connectivity index (χ3v) is 1.17. The van der Waals surface area contributed by atoms with Crippen molar-refractivity contribution in [1.29, 1.82) is 0 Å². The molecule has 0 radical (unpaired) electrons. The highest BCUT2D eigenvalue weighted by Crippen LogP contribution is 1.81. The highest BCUT2D eigenvalue weighted by Gasteiger charge is 1.90. The number of rotatable bonds is 4. The van der Waals surface area contributed by atoms with Crippen molar-refractivity contribution in [2.45, 2.75) is 26.9 Å². The SMILES string of the molecule is C=C(C)C(=O)O.C=C(C)C(=O)O.C=CC(=O)O.CC(O)CO. The molecule has 0 aromatic heterocycles. The standard InChI is InChI=1S/2C4H6O2.C3H8O2.C3H4O2/c2*1-3(2)4(5)6;1-3(5)2-4;1-2-3(4)5/h2*1H2,2H3,(H,5,6);3-5H,2H2,1H3;2H,1H2,(H,4,5). The predicted octanol–water partition coefficient (Wildman–Crippen LogP) is 0.911. The van der Waals surface area contributed by atoms with Crippen LogP contribution in [0, 0.1) is 0 Å². The van der Waals surface area contributed by atoms with Gasteiger partial charge in [-0.2, -0.15) is 0 Å². The molecule has 5 N–H and O–H groups in total. The molecule has 0 saturated carbocycles. The third-order valence-electron chi connectivity index (χ3n) is 1.17. The molecule has 0 aliphatic heterocycles. The molecule has 128 valence electrons. The van der Waals surface area contributed by atoms with Crippen LogP contribution in [0.3, 0.4) is 0 Å². The van der Waals surface area contributed by atoms with Crippen molar-refractivity contribution < 1.29 is 39.9 Å². The van der Waals surface area contributed by atoms with Crippen molar-refractivity contribution >= 4 is 17.9 Å². The van der Waals surface area contributed by atoms with Crippen LogP contribution in [0.25, 0.3) is 0 Å². The van der Waals surface area contributed by atoms with Crippen molar-refractivity contribution in [2.24, 2.45) is 0 Å². The molecule has 8 nitrogen and oxygen atoms in total. The van der Waals surface area contributed by atoms with Gasteiger partial charge in [0, 0.05) is 17.2 Å². The van der Waals surface area contributed by atoms with E-state index >= 15 is 0 Å². The molecule has 8 heteroatoms. The Morgan fingerprint density at radius 2 is 1.14 bits per heavy atom. The zero-order chi connectivity index (χ0) is 18.9. The molecule has 0 fully saturated rings. The van der Waals surface area contributed by atoms with Gasteiger partial charge in [0.1, 0.15) is 0 Å². The van der Waals surface area contributed by atoms with Gasteiger partial charge in [-0.05, 0) is 20.8 Å². The number of hydrogen-bond donors (Lipinski definition) is 5. The van der Waals surface area contributed by atoms with E-state index in [2.05, 4.69) is 19.7 Å². The summed E-state index contributed by atoms with van der Waals surface area (Å²) in [4.78, 5) is 28.4. The van der Waals surface area contributed by atoms with Crippen molar-refractivity contribution in [3.63, 3.8) is 0 Å². The largest absolute Gasteiger partial charge is 0.478 e. The van der Waals surface area contributed by atoms with Crippen molar-refractivity contribution in [3.8, 4) is 0 Å². The molecule has 0 heterocycles. The van der Waals surface area contributed by atoms with E-state index in [1.807, 2.05) is 0 Å². The maximum atomic E-state index is 9.60. The number of aliphatic carboxylic acids is 3. The smallest absolute Gasteiger partial charge is 0.330 e. The maximum Gasteiger partial charge on any atom is 0.330 e. The van der Waals surface area contributed by atoms with Crippen molar-refractivity contribution in [3.05, 3.63) is 37.0 Å². The molecule has 0 aromatic carbocycles. The predicted molar refractivity (Wildman–Crippen MR) is 81.5 cm³/mol. The van der Waals surface area contributed by atoms with Gasteiger partial charge < -0.3 is 25.5 Å². The highest BCUT2D eigenvalue weighted by atomic mass is 16.4. The minimum Gasteiger partial charge on any atom is -0.478 e. The Kier molecular flexibility index (Phi) is 23.5. The molecule has 1 unspecified atom stereocenters. The number of carboxylic acids is 3. The van der Waals surface area contributed by atoms with Crippen LogP contribution in [0.4, 0.5) is 0 Å². The third kappa shape index (κ3) is 52.7. The molecule has 0 aliphatic rings. The van der Waals surface area contributed by atoms with Crippen LogP contribution in [0.2, 0.25) is 0 Å². The Labute approximate surface area is 129 Å². The topological polar surface area (TPSA) is 152 Å². The molecular formula is C14H24O8. The number of aliphatic hydroxyl groups is 2. The fourth-order valence-electron chi connectivity index (χ4n) is 0. The molecule has 0 spiro atoms. The van der Waals surface area contributed by atoms with Gasteiger partial charge in [0.05, 0.1) is 12.7 Å². The summed E-state index contributed by atoms with van der Waals surface area (Å²) in [6, 6.07) is 0. The fraction of sp³-hybridized carbons (Fsp3) is 0.357. The van der Waals surface area contributed by atoms with Gasteiger partial charge >= 0.3 is 17.9 Å². The summed E-state index contributed by atoms with van der Waals surface area (Å²) >= 11 is 0. The van der Waals surface area contributed by atoms with Crippen LogP contribution in [0.1, 0.15) is 20.8 Å². The molecular weight excluding hydrogens is 296 g/mol. The van der Waals surface area contributed by atoms with Crippen molar-refractivity contribution in [2.75, 3.05) is 6.61 Å². The van der Waals surface area contributed by atoms with E-state index in [4.69, 9.17) is 25.5 Å². The highest BCUT2D eigenvalue weighted by molar-refractivity contribution is 5.85. The number of aliphatic hydroxyl groups excluding tert-OH is 2. The van der Waals surface area contributed by atoms with E-state index in [0.717, 1.165) is 6.08 Å². The molecule has 0 amide bonds. The van der Waals surface area contributed by atoms with E-state index in [-0.39, 0.29) is 17.8 Å². The average Bonchev–Trinajstić information content (AvgIpc) is 2.40. The van der Waals surface area contributed by atoms with Gasteiger partial charge in [-0.15, -0.1) is 0 Å². The Hall–Kier alpha value is -2.45. The summed E-state index contributed by atoms with van der Waals surface area (Å²) in [5.41, 5.74) is 0.352. The van der Waals surface area contributed by atoms with E-state index in [1.54, 1.807) is 0 Å². The summed E-state index contributed by atoms with van der Waals surface area (Å²) in [6.45, 7) is 13.6. The molecule has 0 rings (SSSR count). The van der Waals surface area contributed by atoms with Gasteiger partial charge in [-0.3, -0.25) is 0 Å². The van der Waals surface area contributed by atoms with E-state index in [9.17, 15) is 14.4 Å². The minimum atomic E-state index is -0.981. The second-order valence-electron chi connectivity index (χ2n) is 3.74. The first-order valence-corrected chi connectivity index (χ1v) is 5.75. The Balaban J connectivity index is -0.0000000986. The van der Waals surface area contributed by atoms with Gasteiger partial charge in [-0.1, -0.05) is 19.7 Å². The normalized spacial score (nSPS) is 8.95. The van der Waals surface area contributed by atoms with Crippen molar-refractivity contribution in [1.82, 2.24) is 0 Å². The van der Waals surface area contributed by atoms with Crippen LogP contribution in [-0.2, 0) is 14.4 Å². The number of hydrogen-bond acceptors (Lipinski definition) is 5. The fourth-order valence-corrected chi connectivity index (χ4v) is 0. The zero-order valence-electron chi connectivity index (χ0n) is 12.9. The molecule has 1 atom stereocenters. The molecule has 0 saturated heterocycles. The Morgan fingerprint density at radius 3 is 1.14 bits per heavy atom. The molecule has 0 bridgehead atoms. The van der Waals surface area contributed by atoms with Crippen LogP contribution in [0.15, 0.2) is 37.0 Å². The molecule has 0 aliphatic carbocycles. The first-order chi connectivity index (χ1) is 9.83. The monoisotopic (exact) mass is 320 g/mol. The van der Waals surface area contributed by atoms with Crippen LogP contribution in [0.5, 0.6) is 0 Å². The Bertz CT molecular complexity index is 334. The maximum absolute atomic E-state index is 9.60. The quantitative estimate of drug-likeness (QED) is 0.479. The van der Waals surface area contributed by atoms with Gasteiger partial charge in [-0.25, -0.2) is 14.4 Å². The summed E-state index contributed by atoms with van der Waals surface area (Å²) < 4.78 is 0. The lowest BCUT2D eigenvalue weighted by molar-refractivity contribution is -0.133. The van der Waals surface area contributed by atoms with E-state index in [1.165, 1.54) is 20.8 Å². The number of carboxylic acid groups (broad SMARTS) is 3. The first kappa shape index (κ1) is 27.8. The second kappa shape index (κ2) is 18.6. The molecule has 0 aromatic rings. The lowest BCUT2D eigenvalue weighted by atomic mass is 10.4. The lowest BCUT2D eigenvalue weighted by Crippen LogP contribution is -2.03. The summed E-state index contributed by atoms with van der Waals surface area (Å²) in [7, 11) is 0. The van der Waals surface area contributed by atoms with E-state index in [0.29, 0.717) is 0 Å². The minimum absolute atomic E-state index is 0.139. The van der Waals surface area contributed by atoms with Gasteiger partial charge in [0.2, 0.25) is 0 Å². The zero-order valence-corrected chi connectivity index (χ0v) is 12.9. The average molecular weight is 320 g/mol. The van der Waals surface area contributed by atoms with E-state index < -0.39 is 24.0 Å². The van der Waals surface area contributed by atoms with Crippen LogP contribution in [-0.4, -0.2) is 56.2 Å². The first-order valence-electron chi connectivity index (χ1n) is 5.75. The van der Waals surface area contributed by atoms with Gasteiger partial charge in [0.25, 0.3) is 0 Å². The number of carbonyl (C=O) groups is 3. The summed E-state index contributed by atoms with van der Waals surface area (Å²) in [5.74, 6) is -2.85. The Morgan fingerprint density at radius 1 is 1.00 bits per heavy atom. The molecule has 22 heavy (non-hydrogen) atoms. The van der Waals surface area contributed by atoms with Gasteiger partial charge in [0.15, 0.2) is 0 Å². The summed E-state index contributed by atoms with van der Waals surface area (Å²) in [6.07, 6.45) is 0.273. The lowest BCUT2D eigenvalue weighted by Gasteiger charge is -1.90. The second-order valence-corrected chi connectivity index (χ2v) is 3.74.